The van der Waals surface area contributed by atoms with Gasteiger partial charge in [0.25, 0.3) is 11.6 Å². The van der Waals surface area contributed by atoms with Gasteiger partial charge in [-0.3, -0.25) is 24.1 Å². The van der Waals surface area contributed by atoms with Gasteiger partial charge < -0.3 is 19.9 Å². The third-order valence-corrected chi connectivity index (χ3v) is 6.56. The number of carbonyl (C=O) groups excluding carboxylic acids is 4. The Labute approximate surface area is 179 Å². The number of hydrogen-bond acceptors (Lipinski definition) is 9. The third kappa shape index (κ3) is 4.05. The largest absolute Gasteiger partial charge is 0.477 e. The Balaban J connectivity index is 1.88. The molecule has 10 nitrogen and oxygen atoms in total. The number of thiophene rings is 1. The van der Waals surface area contributed by atoms with Crippen molar-refractivity contribution in [2.75, 3.05) is 12.4 Å². The molecule has 0 bridgehead atoms. The Morgan fingerprint density at radius 3 is 2.60 bits per heavy atom. The minimum atomic E-state index is -2.00. The van der Waals surface area contributed by atoms with Crippen molar-refractivity contribution in [3.8, 4) is 0 Å². The summed E-state index contributed by atoms with van der Waals surface area (Å²) in [6.07, 6.45) is -0.0231. The van der Waals surface area contributed by atoms with Gasteiger partial charge in [-0.1, -0.05) is 6.07 Å². The average Bonchev–Trinajstić information content (AvgIpc) is 3.16. The zero-order valence-corrected chi connectivity index (χ0v) is 17.6. The lowest BCUT2D eigenvalue weighted by molar-refractivity contribution is -0.202. The van der Waals surface area contributed by atoms with E-state index in [1.165, 1.54) is 18.3 Å². The average molecular weight is 454 g/mol. The summed E-state index contributed by atoms with van der Waals surface area (Å²) in [5.74, 6) is -4.10. The smallest absolute Gasteiger partial charge is 0.352 e. The summed E-state index contributed by atoms with van der Waals surface area (Å²) >= 11 is 2.46. The molecule has 3 rings (SSSR count). The van der Waals surface area contributed by atoms with Crippen molar-refractivity contribution >= 4 is 52.8 Å². The molecule has 0 radical (unpaired) electrons. The van der Waals surface area contributed by atoms with Crippen LogP contribution in [0.3, 0.4) is 0 Å². The van der Waals surface area contributed by atoms with Crippen LogP contribution >= 0.6 is 23.1 Å². The van der Waals surface area contributed by atoms with Gasteiger partial charge in [-0.15, -0.1) is 23.1 Å². The van der Waals surface area contributed by atoms with E-state index in [0.717, 1.165) is 28.5 Å². The molecule has 2 atom stereocenters. The van der Waals surface area contributed by atoms with Gasteiger partial charge in [-0.2, -0.15) is 0 Å². The van der Waals surface area contributed by atoms with E-state index in [4.69, 9.17) is 9.47 Å². The third-order valence-electron chi connectivity index (χ3n) is 4.31. The van der Waals surface area contributed by atoms with Crippen LogP contribution in [0.4, 0.5) is 0 Å². The summed E-state index contributed by atoms with van der Waals surface area (Å²) in [5.41, 5.74) is -2.12. The summed E-state index contributed by atoms with van der Waals surface area (Å²) < 4.78 is 10.1. The number of amides is 2. The highest BCUT2D eigenvalue weighted by molar-refractivity contribution is 8.00. The van der Waals surface area contributed by atoms with Crippen LogP contribution in [0.5, 0.6) is 0 Å². The fourth-order valence-electron chi connectivity index (χ4n) is 3.17. The van der Waals surface area contributed by atoms with Crippen LogP contribution in [0.2, 0.25) is 0 Å². The molecular formula is C18H18N2O8S2. The van der Waals surface area contributed by atoms with Gasteiger partial charge in [0, 0.05) is 30.1 Å². The summed E-state index contributed by atoms with van der Waals surface area (Å²) in [5, 5.41) is 12.9. The number of hydrogen-bond donors (Lipinski definition) is 2. The molecule has 1 aromatic rings. The van der Waals surface area contributed by atoms with Gasteiger partial charge in [-0.05, 0) is 11.4 Å². The molecule has 160 valence electrons. The van der Waals surface area contributed by atoms with Crippen molar-refractivity contribution in [3.63, 3.8) is 0 Å². The number of carboxylic acid groups (broad SMARTS) is 1. The van der Waals surface area contributed by atoms with E-state index in [9.17, 15) is 29.1 Å². The molecule has 0 spiro atoms. The number of carboxylic acids is 1. The van der Waals surface area contributed by atoms with Gasteiger partial charge in [0.15, 0.2) is 5.37 Å². The summed E-state index contributed by atoms with van der Waals surface area (Å²) in [4.78, 5) is 61.8. The van der Waals surface area contributed by atoms with E-state index >= 15 is 0 Å². The number of thioether (sulfide) groups is 1. The Hall–Kier alpha value is -2.86. The molecule has 2 aliphatic heterocycles. The van der Waals surface area contributed by atoms with E-state index in [1.807, 2.05) is 0 Å². The first kappa shape index (κ1) is 21.8. The van der Waals surface area contributed by atoms with Crippen LogP contribution in [-0.2, 0) is 39.9 Å². The molecule has 30 heavy (non-hydrogen) atoms. The number of rotatable bonds is 7. The molecule has 2 aliphatic rings. The first-order chi connectivity index (χ1) is 14.2. The standard InChI is InChI=1S/C18H18N2O8S2/c1-9(21)27-7-11-8-30-17-18(28-10(2)22,16(26)20(17)14(11)15(24)25)19-13(23)6-12-4-3-5-29-12/h3-5,17H,6-8H2,1-2H3,(H,19,23)(H,24,25)/t17-,18-/m1/s1. The highest BCUT2D eigenvalue weighted by Crippen LogP contribution is 2.47. The second-order valence-corrected chi connectivity index (χ2v) is 8.61. The van der Waals surface area contributed by atoms with Crippen LogP contribution in [0.1, 0.15) is 18.7 Å². The summed E-state index contributed by atoms with van der Waals surface area (Å²) in [7, 11) is 0. The van der Waals surface area contributed by atoms with Gasteiger partial charge in [0.2, 0.25) is 5.91 Å². The number of nitrogens with one attached hydrogen (secondary N) is 1. The monoisotopic (exact) mass is 454 g/mol. The van der Waals surface area contributed by atoms with Crippen molar-refractivity contribution in [2.45, 2.75) is 31.4 Å². The molecule has 1 saturated heterocycles. The van der Waals surface area contributed by atoms with E-state index in [0.29, 0.717) is 0 Å². The molecule has 1 aromatic heterocycles. The zero-order chi connectivity index (χ0) is 22.1. The lowest BCUT2D eigenvalue weighted by Gasteiger charge is -2.55. The Morgan fingerprint density at radius 2 is 2.03 bits per heavy atom. The van der Waals surface area contributed by atoms with E-state index in [2.05, 4.69) is 5.32 Å². The molecule has 0 unspecified atom stereocenters. The number of carbonyl (C=O) groups is 5. The van der Waals surface area contributed by atoms with Gasteiger partial charge >= 0.3 is 17.9 Å². The van der Waals surface area contributed by atoms with Crippen molar-refractivity contribution in [3.05, 3.63) is 33.7 Å². The van der Waals surface area contributed by atoms with Crippen molar-refractivity contribution in [2.24, 2.45) is 0 Å². The highest BCUT2D eigenvalue weighted by atomic mass is 32.2. The number of nitrogens with zero attached hydrogens (tertiary/aromatic N) is 1. The maximum absolute atomic E-state index is 13.0. The first-order valence-corrected chi connectivity index (χ1v) is 10.7. The Morgan fingerprint density at radius 1 is 1.30 bits per heavy atom. The fourth-order valence-corrected chi connectivity index (χ4v) is 5.25. The molecule has 2 N–H and O–H groups in total. The zero-order valence-electron chi connectivity index (χ0n) is 16.0. The molecule has 1 fully saturated rings. The molecule has 2 amide bonds. The number of esters is 2. The SMILES string of the molecule is CC(=O)OCC1=C(C(=O)O)N2C(=O)[C@@](NC(=O)Cc3cccs3)(OC(C)=O)[C@H]2SC1. The predicted molar refractivity (Wildman–Crippen MR) is 105 cm³/mol. The molecule has 12 heteroatoms. The second-order valence-electron chi connectivity index (χ2n) is 6.51. The van der Waals surface area contributed by atoms with Gasteiger partial charge in [0.1, 0.15) is 12.3 Å². The lowest BCUT2D eigenvalue weighted by Crippen LogP contribution is -2.81. The molecular weight excluding hydrogens is 436 g/mol. The van der Waals surface area contributed by atoms with Crippen LogP contribution in [0, 0.1) is 0 Å². The minimum Gasteiger partial charge on any atom is -0.477 e. The van der Waals surface area contributed by atoms with Crippen molar-refractivity contribution in [1.29, 1.82) is 0 Å². The van der Waals surface area contributed by atoms with E-state index in [-0.39, 0.29) is 30.1 Å². The Bertz CT molecular complexity index is 942. The van der Waals surface area contributed by atoms with Crippen LogP contribution in [0.15, 0.2) is 28.8 Å². The number of fused-ring (bicyclic) bond motifs is 1. The predicted octanol–water partition coefficient (Wildman–Crippen LogP) is 0.483. The molecule has 3 heterocycles. The minimum absolute atomic E-state index is 0.0231. The molecule has 0 aromatic carbocycles. The maximum Gasteiger partial charge on any atom is 0.352 e. The summed E-state index contributed by atoms with van der Waals surface area (Å²) in [6, 6.07) is 3.52. The quantitative estimate of drug-likeness (QED) is 0.342. The number of ether oxygens (including phenoxy) is 2. The highest BCUT2D eigenvalue weighted by Gasteiger charge is 2.68. The van der Waals surface area contributed by atoms with Crippen molar-refractivity contribution < 1.29 is 38.6 Å². The van der Waals surface area contributed by atoms with Gasteiger partial charge in [-0.25, -0.2) is 4.79 Å². The number of β-lactam (4-membered cyclic amide) rings is 1. The number of aliphatic carboxylic acids is 1. The maximum atomic E-state index is 13.0. The Kier molecular flexibility index (Phi) is 6.17. The molecule has 0 aliphatic carbocycles. The second kappa shape index (κ2) is 8.48. The topological polar surface area (TPSA) is 139 Å². The first-order valence-electron chi connectivity index (χ1n) is 8.72. The van der Waals surface area contributed by atoms with Crippen LogP contribution < -0.4 is 5.32 Å². The molecule has 0 saturated carbocycles. The normalized spacial score (nSPS) is 22.7. The van der Waals surface area contributed by atoms with Crippen molar-refractivity contribution in [1.82, 2.24) is 10.2 Å². The van der Waals surface area contributed by atoms with E-state index in [1.54, 1.807) is 17.5 Å². The lowest BCUT2D eigenvalue weighted by atomic mass is 9.97. The van der Waals surface area contributed by atoms with Gasteiger partial charge in [0.05, 0.1) is 6.42 Å². The van der Waals surface area contributed by atoms with Crippen LogP contribution in [-0.4, -0.2) is 63.2 Å². The van der Waals surface area contributed by atoms with E-state index < -0.39 is 40.8 Å². The van der Waals surface area contributed by atoms with Crippen LogP contribution in [0.25, 0.3) is 0 Å². The summed E-state index contributed by atoms with van der Waals surface area (Å²) in [6.45, 7) is 1.99. The fraction of sp³-hybridized carbons (Fsp3) is 0.389.